The van der Waals surface area contributed by atoms with Gasteiger partial charge in [-0.15, -0.1) is 22.7 Å². The average Bonchev–Trinajstić information content (AvgIpc) is 3.51. The predicted octanol–water partition coefficient (Wildman–Crippen LogP) is 8.38. The van der Waals surface area contributed by atoms with Crippen LogP contribution in [-0.4, -0.2) is 9.38 Å². The van der Waals surface area contributed by atoms with E-state index in [1.165, 1.54) is 62.0 Å². The van der Waals surface area contributed by atoms with Gasteiger partial charge in [0, 0.05) is 63.5 Å². The van der Waals surface area contributed by atoms with E-state index in [2.05, 4.69) is 88.4 Å². The Kier molecular flexibility index (Phi) is 2.94. The molecule has 0 N–H and O–H groups in total. The number of fused-ring (bicyclic) bond motifs is 12. The molecule has 8 aromatic rings. The molecule has 0 aliphatic carbocycles. The standard InChI is InChI=1S/C27H14N2S2/c1-2-7-17-15(5-1)18-11-20-21-12-19-16-6-3-4-8-23(16)30-25(19)14-26(21)31-24(20)13-22(18)29-10-9-28-27(17)29/h1-14H. The van der Waals surface area contributed by atoms with Crippen LogP contribution in [0, 0.1) is 0 Å². The van der Waals surface area contributed by atoms with Gasteiger partial charge >= 0.3 is 0 Å². The summed E-state index contributed by atoms with van der Waals surface area (Å²) in [5.41, 5.74) is 2.24. The smallest absolute Gasteiger partial charge is 0.145 e. The van der Waals surface area contributed by atoms with Crippen molar-refractivity contribution in [3.63, 3.8) is 0 Å². The molecule has 4 aromatic carbocycles. The summed E-state index contributed by atoms with van der Waals surface area (Å²) >= 11 is 3.78. The Morgan fingerprint density at radius 1 is 0.548 bits per heavy atom. The van der Waals surface area contributed by atoms with Crippen LogP contribution in [0.25, 0.3) is 67.7 Å². The van der Waals surface area contributed by atoms with Crippen LogP contribution in [0.2, 0.25) is 0 Å². The lowest BCUT2D eigenvalue weighted by Gasteiger charge is -2.08. The van der Waals surface area contributed by atoms with Crippen molar-refractivity contribution < 1.29 is 0 Å². The molecule has 31 heavy (non-hydrogen) atoms. The van der Waals surface area contributed by atoms with E-state index >= 15 is 0 Å². The number of benzene rings is 4. The van der Waals surface area contributed by atoms with Gasteiger partial charge in [-0.25, -0.2) is 4.98 Å². The van der Waals surface area contributed by atoms with Crippen molar-refractivity contribution in [3.05, 3.63) is 85.2 Å². The first kappa shape index (κ1) is 16.3. The molecule has 0 aliphatic heterocycles. The van der Waals surface area contributed by atoms with Gasteiger partial charge in [-0.2, -0.15) is 0 Å². The second-order valence-corrected chi connectivity index (χ2v) is 10.2. The third kappa shape index (κ3) is 2.04. The van der Waals surface area contributed by atoms with Gasteiger partial charge in [-0.1, -0.05) is 42.5 Å². The van der Waals surface area contributed by atoms with Crippen LogP contribution in [-0.2, 0) is 0 Å². The topological polar surface area (TPSA) is 17.3 Å². The zero-order valence-corrected chi connectivity index (χ0v) is 17.9. The van der Waals surface area contributed by atoms with Crippen LogP contribution in [0.5, 0.6) is 0 Å². The molecule has 4 heteroatoms. The van der Waals surface area contributed by atoms with E-state index in [1.807, 2.05) is 28.9 Å². The first-order valence-electron chi connectivity index (χ1n) is 10.3. The maximum atomic E-state index is 4.65. The molecule has 0 fully saturated rings. The number of nitrogens with zero attached hydrogens (tertiary/aromatic N) is 2. The zero-order chi connectivity index (χ0) is 20.1. The minimum absolute atomic E-state index is 1.02. The van der Waals surface area contributed by atoms with Gasteiger partial charge in [-0.05, 0) is 35.7 Å². The van der Waals surface area contributed by atoms with Gasteiger partial charge in [0.1, 0.15) is 5.65 Å². The Balaban J connectivity index is 1.59. The first-order valence-corrected chi connectivity index (χ1v) is 11.9. The fraction of sp³-hybridized carbons (Fsp3) is 0. The Morgan fingerprint density at radius 2 is 1.19 bits per heavy atom. The van der Waals surface area contributed by atoms with Crippen molar-refractivity contribution in [2.75, 3.05) is 0 Å². The minimum Gasteiger partial charge on any atom is -0.299 e. The molecular formula is C27H14N2S2. The summed E-state index contributed by atoms with van der Waals surface area (Å²) in [5, 5.41) is 9.16. The lowest BCUT2D eigenvalue weighted by molar-refractivity contribution is 1.28. The Labute approximate surface area is 184 Å². The van der Waals surface area contributed by atoms with Gasteiger partial charge in [0.15, 0.2) is 0 Å². The van der Waals surface area contributed by atoms with Crippen molar-refractivity contribution in [2.45, 2.75) is 0 Å². The molecule has 0 radical (unpaired) electrons. The van der Waals surface area contributed by atoms with E-state index in [9.17, 15) is 0 Å². The Hall–Kier alpha value is -3.47. The van der Waals surface area contributed by atoms with Crippen molar-refractivity contribution in [1.82, 2.24) is 9.38 Å². The lowest BCUT2D eigenvalue weighted by Crippen LogP contribution is -1.90. The van der Waals surface area contributed by atoms with Gasteiger partial charge < -0.3 is 0 Å². The summed E-state index contributed by atoms with van der Waals surface area (Å²) in [4.78, 5) is 4.65. The Bertz CT molecular complexity index is 2000. The number of imidazole rings is 1. The number of pyridine rings is 1. The number of aromatic nitrogens is 2. The summed E-state index contributed by atoms with van der Waals surface area (Å²) in [5.74, 6) is 0. The van der Waals surface area contributed by atoms with Crippen molar-refractivity contribution in [1.29, 1.82) is 0 Å². The second-order valence-electron chi connectivity index (χ2n) is 8.08. The number of thiophene rings is 2. The number of rotatable bonds is 0. The maximum Gasteiger partial charge on any atom is 0.145 e. The van der Waals surface area contributed by atoms with E-state index < -0.39 is 0 Å². The fourth-order valence-electron chi connectivity index (χ4n) is 5.06. The first-order chi connectivity index (χ1) is 15.3. The second kappa shape index (κ2) is 5.61. The van der Waals surface area contributed by atoms with Crippen LogP contribution in [0.15, 0.2) is 85.2 Å². The van der Waals surface area contributed by atoms with Crippen LogP contribution < -0.4 is 0 Å². The molecule has 0 bridgehead atoms. The van der Waals surface area contributed by atoms with E-state index in [-0.39, 0.29) is 0 Å². The van der Waals surface area contributed by atoms with E-state index in [1.54, 1.807) is 0 Å². The lowest BCUT2D eigenvalue weighted by atomic mass is 10.0. The summed E-state index contributed by atoms with van der Waals surface area (Å²) in [7, 11) is 0. The third-order valence-corrected chi connectivity index (χ3v) is 8.69. The molecule has 0 spiro atoms. The molecule has 0 atom stereocenters. The molecule has 0 saturated carbocycles. The molecule has 4 aromatic heterocycles. The molecule has 144 valence electrons. The van der Waals surface area contributed by atoms with Gasteiger partial charge in [0.25, 0.3) is 0 Å². The summed E-state index contributed by atoms with van der Waals surface area (Å²) < 4.78 is 7.64. The SMILES string of the molecule is c1ccc2c(c1)sc1cc3sc4cc5c(cc4c3cc12)c1ccccc1c1nccn51. The summed E-state index contributed by atoms with van der Waals surface area (Å²) in [6, 6.07) is 26.9. The van der Waals surface area contributed by atoms with Gasteiger partial charge in [0.05, 0.1) is 5.52 Å². The van der Waals surface area contributed by atoms with E-state index in [0.717, 1.165) is 5.65 Å². The summed E-state index contributed by atoms with van der Waals surface area (Å²) in [6.07, 6.45) is 3.97. The highest BCUT2D eigenvalue weighted by Crippen LogP contribution is 2.43. The predicted molar refractivity (Wildman–Crippen MR) is 136 cm³/mol. The normalized spacial score (nSPS) is 12.5. The molecule has 8 rings (SSSR count). The largest absolute Gasteiger partial charge is 0.299 e. The number of hydrogen-bond acceptors (Lipinski definition) is 3. The average molecular weight is 431 g/mol. The van der Waals surface area contributed by atoms with Crippen molar-refractivity contribution in [3.8, 4) is 0 Å². The summed E-state index contributed by atoms with van der Waals surface area (Å²) in [6.45, 7) is 0. The van der Waals surface area contributed by atoms with E-state index in [0.29, 0.717) is 0 Å². The van der Waals surface area contributed by atoms with Crippen LogP contribution in [0.4, 0.5) is 0 Å². The number of hydrogen-bond donors (Lipinski definition) is 0. The molecule has 0 amide bonds. The highest BCUT2D eigenvalue weighted by atomic mass is 32.1. The molecule has 4 heterocycles. The van der Waals surface area contributed by atoms with Crippen molar-refractivity contribution >= 4 is 90.3 Å². The monoisotopic (exact) mass is 430 g/mol. The molecular weight excluding hydrogens is 416 g/mol. The highest BCUT2D eigenvalue weighted by Gasteiger charge is 2.14. The van der Waals surface area contributed by atoms with Gasteiger partial charge in [-0.3, -0.25) is 4.40 Å². The van der Waals surface area contributed by atoms with Gasteiger partial charge in [0.2, 0.25) is 0 Å². The molecule has 2 nitrogen and oxygen atoms in total. The molecule has 0 unspecified atom stereocenters. The minimum atomic E-state index is 1.02. The van der Waals surface area contributed by atoms with Crippen LogP contribution in [0.1, 0.15) is 0 Å². The Morgan fingerprint density at radius 3 is 2.06 bits per heavy atom. The highest BCUT2D eigenvalue weighted by molar-refractivity contribution is 7.28. The van der Waals surface area contributed by atoms with Crippen LogP contribution in [0.3, 0.4) is 0 Å². The maximum absolute atomic E-state index is 4.65. The third-order valence-electron chi connectivity index (χ3n) is 6.45. The van der Waals surface area contributed by atoms with E-state index in [4.69, 9.17) is 0 Å². The molecule has 0 aliphatic rings. The van der Waals surface area contributed by atoms with Crippen LogP contribution >= 0.6 is 22.7 Å². The molecule has 0 saturated heterocycles. The van der Waals surface area contributed by atoms with Crippen molar-refractivity contribution in [2.24, 2.45) is 0 Å². The zero-order valence-electron chi connectivity index (χ0n) is 16.3. The fourth-order valence-corrected chi connectivity index (χ4v) is 7.40. The quantitative estimate of drug-likeness (QED) is 0.221.